The third kappa shape index (κ3) is 2.91. The lowest BCUT2D eigenvalue weighted by molar-refractivity contribution is -0.128. The summed E-state index contributed by atoms with van der Waals surface area (Å²) in [6.45, 7) is 8.11. The molecular weight excluding hydrogens is 188 g/mol. The van der Waals surface area contributed by atoms with Crippen LogP contribution in [-0.2, 0) is 4.79 Å². The zero-order valence-corrected chi connectivity index (χ0v) is 10.2. The van der Waals surface area contributed by atoms with Gasteiger partial charge in [0, 0.05) is 6.42 Å². The van der Waals surface area contributed by atoms with Crippen LogP contribution in [0.5, 0.6) is 0 Å². The SMILES string of the molecule is CC(O)C(=O)CC1C(C)C=CCC1(C)C. The van der Waals surface area contributed by atoms with Crippen molar-refractivity contribution in [2.75, 3.05) is 0 Å². The largest absolute Gasteiger partial charge is 0.386 e. The van der Waals surface area contributed by atoms with E-state index < -0.39 is 6.10 Å². The molecule has 3 atom stereocenters. The van der Waals surface area contributed by atoms with Crippen LogP contribution in [0.3, 0.4) is 0 Å². The average molecular weight is 210 g/mol. The molecule has 1 N–H and O–H groups in total. The third-order valence-corrected chi connectivity index (χ3v) is 3.61. The van der Waals surface area contributed by atoms with Gasteiger partial charge >= 0.3 is 0 Å². The molecule has 0 aliphatic heterocycles. The lowest BCUT2D eigenvalue weighted by atomic mass is 9.65. The van der Waals surface area contributed by atoms with Crippen molar-refractivity contribution in [2.24, 2.45) is 17.3 Å². The van der Waals surface area contributed by atoms with Crippen molar-refractivity contribution in [3.05, 3.63) is 12.2 Å². The molecule has 0 aromatic carbocycles. The molecule has 2 heteroatoms. The van der Waals surface area contributed by atoms with Gasteiger partial charge in [-0.15, -0.1) is 0 Å². The Hall–Kier alpha value is -0.630. The number of carbonyl (C=O) groups excluding carboxylic acids is 1. The minimum atomic E-state index is -0.820. The second-order valence-corrected chi connectivity index (χ2v) is 5.43. The first-order chi connectivity index (χ1) is 6.84. The normalized spacial score (nSPS) is 31.3. The predicted molar refractivity (Wildman–Crippen MR) is 61.5 cm³/mol. The van der Waals surface area contributed by atoms with Crippen LogP contribution in [0.2, 0.25) is 0 Å². The molecule has 3 unspecified atom stereocenters. The van der Waals surface area contributed by atoms with Gasteiger partial charge in [0.15, 0.2) is 5.78 Å². The summed E-state index contributed by atoms with van der Waals surface area (Å²) in [7, 11) is 0. The predicted octanol–water partition coefficient (Wildman–Crippen LogP) is 2.56. The molecule has 0 saturated heterocycles. The second kappa shape index (κ2) is 4.48. The summed E-state index contributed by atoms with van der Waals surface area (Å²) in [4.78, 5) is 11.6. The lowest BCUT2D eigenvalue weighted by Gasteiger charge is -2.39. The highest BCUT2D eigenvalue weighted by atomic mass is 16.3. The quantitative estimate of drug-likeness (QED) is 0.727. The maximum Gasteiger partial charge on any atom is 0.161 e. The minimum Gasteiger partial charge on any atom is -0.386 e. The molecule has 86 valence electrons. The monoisotopic (exact) mass is 210 g/mol. The number of aliphatic hydroxyl groups excluding tert-OH is 1. The molecule has 0 fully saturated rings. The molecule has 0 amide bonds. The Morgan fingerprint density at radius 3 is 2.67 bits per heavy atom. The number of rotatable bonds is 3. The summed E-state index contributed by atoms with van der Waals surface area (Å²) in [5.41, 5.74) is 0.165. The van der Waals surface area contributed by atoms with Crippen molar-refractivity contribution in [2.45, 2.75) is 46.6 Å². The molecule has 0 heterocycles. The summed E-state index contributed by atoms with van der Waals surface area (Å²) in [6, 6.07) is 0. The van der Waals surface area contributed by atoms with Crippen molar-refractivity contribution in [1.29, 1.82) is 0 Å². The first kappa shape index (κ1) is 12.4. The van der Waals surface area contributed by atoms with Gasteiger partial charge in [0.05, 0.1) is 0 Å². The molecule has 1 rings (SSSR count). The fraction of sp³-hybridized carbons (Fsp3) is 0.769. The van der Waals surface area contributed by atoms with Gasteiger partial charge in [-0.25, -0.2) is 0 Å². The van der Waals surface area contributed by atoms with Gasteiger partial charge in [0.25, 0.3) is 0 Å². The second-order valence-electron chi connectivity index (χ2n) is 5.43. The van der Waals surface area contributed by atoms with Crippen molar-refractivity contribution < 1.29 is 9.90 Å². The number of hydrogen-bond acceptors (Lipinski definition) is 2. The van der Waals surface area contributed by atoms with Crippen LogP contribution >= 0.6 is 0 Å². The number of Topliss-reactive ketones (excluding diaryl/α,β-unsaturated/α-hetero) is 1. The lowest BCUT2D eigenvalue weighted by Crippen LogP contribution is -2.34. The van der Waals surface area contributed by atoms with Gasteiger partial charge in [0.2, 0.25) is 0 Å². The van der Waals surface area contributed by atoms with E-state index in [2.05, 4.69) is 32.9 Å². The van der Waals surface area contributed by atoms with E-state index in [0.29, 0.717) is 18.3 Å². The van der Waals surface area contributed by atoms with Crippen LogP contribution in [0.4, 0.5) is 0 Å². The van der Waals surface area contributed by atoms with Gasteiger partial charge in [-0.2, -0.15) is 0 Å². The van der Waals surface area contributed by atoms with Crippen LogP contribution < -0.4 is 0 Å². The van der Waals surface area contributed by atoms with Crippen LogP contribution in [0, 0.1) is 17.3 Å². The number of allylic oxidation sites excluding steroid dienone is 2. The van der Waals surface area contributed by atoms with E-state index in [9.17, 15) is 9.90 Å². The minimum absolute atomic E-state index is 0.0322. The van der Waals surface area contributed by atoms with E-state index in [1.807, 2.05) is 0 Å². The van der Waals surface area contributed by atoms with Crippen molar-refractivity contribution in [1.82, 2.24) is 0 Å². The molecule has 15 heavy (non-hydrogen) atoms. The van der Waals surface area contributed by atoms with Crippen molar-refractivity contribution in [3.8, 4) is 0 Å². The molecule has 0 aromatic rings. The van der Waals surface area contributed by atoms with Gasteiger partial charge in [0.1, 0.15) is 6.10 Å². The molecule has 0 radical (unpaired) electrons. The van der Waals surface area contributed by atoms with Crippen molar-refractivity contribution in [3.63, 3.8) is 0 Å². The molecule has 0 aromatic heterocycles. The molecule has 0 saturated carbocycles. The summed E-state index contributed by atoms with van der Waals surface area (Å²) < 4.78 is 0. The van der Waals surface area contributed by atoms with E-state index in [4.69, 9.17) is 0 Å². The maximum atomic E-state index is 11.6. The summed E-state index contributed by atoms with van der Waals surface area (Å²) in [5, 5.41) is 9.24. The summed E-state index contributed by atoms with van der Waals surface area (Å²) in [6.07, 6.45) is 5.09. The Labute approximate surface area is 92.4 Å². The van der Waals surface area contributed by atoms with Gasteiger partial charge in [-0.1, -0.05) is 32.9 Å². The average Bonchev–Trinajstić information content (AvgIpc) is 2.10. The number of ketones is 1. The molecule has 0 spiro atoms. The Balaban J connectivity index is 2.74. The summed E-state index contributed by atoms with van der Waals surface area (Å²) >= 11 is 0. The molecule has 2 nitrogen and oxygen atoms in total. The van der Waals surface area contributed by atoms with Crippen LogP contribution in [-0.4, -0.2) is 17.0 Å². The Morgan fingerprint density at radius 2 is 2.20 bits per heavy atom. The Kier molecular flexibility index (Phi) is 3.72. The van der Waals surface area contributed by atoms with Gasteiger partial charge in [-0.05, 0) is 30.6 Å². The standard InChI is InChI=1S/C13H22O2/c1-9-6-5-7-13(3,4)11(9)8-12(15)10(2)14/h5-6,9-11,14H,7-8H2,1-4H3. The van der Waals surface area contributed by atoms with Gasteiger partial charge in [-0.3, -0.25) is 4.79 Å². The fourth-order valence-electron chi connectivity index (χ4n) is 2.43. The number of carbonyl (C=O) groups is 1. The first-order valence-electron chi connectivity index (χ1n) is 5.72. The molecular formula is C13H22O2. The van der Waals surface area contributed by atoms with E-state index in [1.54, 1.807) is 6.92 Å². The zero-order chi connectivity index (χ0) is 11.6. The maximum absolute atomic E-state index is 11.6. The fourth-order valence-corrected chi connectivity index (χ4v) is 2.43. The third-order valence-electron chi connectivity index (χ3n) is 3.61. The molecule has 0 bridgehead atoms. The molecule has 1 aliphatic rings. The highest BCUT2D eigenvalue weighted by Crippen LogP contribution is 2.42. The highest BCUT2D eigenvalue weighted by Gasteiger charge is 2.36. The highest BCUT2D eigenvalue weighted by molar-refractivity contribution is 5.82. The Morgan fingerprint density at radius 1 is 1.60 bits per heavy atom. The van der Waals surface area contributed by atoms with Crippen molar-refractivity contribution >= 4 is 5.78 Å². The van der Waals surface area contributed by atoms with Gasteiger partial charge < -0.3 is 5.11 Å². The van der Waals surface area contributed by atoms with Crippen LogP contribution in [0.25, 0.3) is 0 Å². The van der Waals surface area contributed by atoms with E-state index in [1.165, 1.54) is 0 Å². The zero-order valence-electron chi connectivity index (χ0n) is 10.2. The van der Waals surface area contributed by atoms with Crippen LogP contribution in [0.1, 0.15) is 40.5 Å². The Bertz CT molecular complexity index is 264. The molecule has 1 aliphatic carbocycles. The topological polar surface area (TPSA) is 37.3 Å². The summed E-state index contributed by atoms with van der Waals surface area (Å²) in [5.74, 6) is 0.747. The van der Waals surface area contributed by atoms with E-state index >= 15 is 0 Å². The smallest absolute Gasteiger partial charge is 0.161 e. The first-order valence-corrected chi connectivity index (χ1v) is 5.72. The number of aliphatic hydroxyl groups is 1. The van der Waals surface area contributed by atoms with Crippen LogP contribution in [0.15, 0.2) is 12.2 Å². The van der Waals surface area contributed by atoms with E-state index in [-0.39, 0.29) is 11.2 Å². The number of hydrogen-bond donors (Lipinski definition) is 1. The van der Waals surface area contributed by atoms with E-state index in [0.717, 1.165) is 6.42 Å².